The van der Waals surface area contributed by atoms with Gasteiger partial charge in [0.25, 0.3) is 0 Å². The van der Waals surface area contributed by atoms with Crippen LogP contribution in [0.1, 0.15) is 34.1 Å². The van der Waals surface area contributed by atoms with Crippen LogP contribution in [-0.2, 0) is 0 Å². The lowest BCUT2D eigenvalue weighted by molar-refractivity contribution is -0.0828. The number of halogens is 1. The Labute approximate surface area is 74.9 Å². The quantitative estimate of drug-likeness (QED) is 0.633. The number of hydrogen-bond donors (Lipinski definition) is 0. The Morgan fingerprint density at radius 3 is 2.17 bits per heavy atom. The van der Waals surface area contributed by atoms with Crippen molar-refractivity contribution in [3.8, 4) is 0 Å². The predicted molar refractivity (Wildman–Crippen MR) is 50.0 cm³/mol. The maximum absolute atomic E-state index is 13.7. The number of nitrogens with zero attached hydrogens (tertiary/aromatic N) is 1. The average molecular weight is 173 g/mol. The highest BCUT2D eigenvalue weighted by Gasteiger charge is 2.46. The van der Waals surface area contributed by atoms with Gasteiger partial charge in [-0.15, -0.1) is 0 Å². The van der Waals surface area contributed by atoms with E-state index in [1.807, 2.05) is 13.8 Å². The summed E-state index contributed by atoms with van der Waals surface area (Å²) in [5.41, 5.74) is -0.899. The van der Waals surface area contributed by atoms with Crippen LogP contribution < -0.4 is 0 Å². The number of alkyl halides is 1. The summed E-state index contributed by atoms with van der Waals surface area (Å²) in [7, 11) is 0. The number of rotatable bonds is 3. The first kappa shape index (κ1) is 9.97. The van der Waals surface area contributed by atoms with Crippen LogP contribution in [0.15, 0.2) is 0 Å². The number of hydrogen-bond acceptors (Lipinski definition) is 1. The molecule has 0 amide bonds. The Balaban J connectivity index is 2.36. The van der Waals surface area contributed by atoms with Crippen LogP contribution in [-0.4, -0.2) is 29.7 Å². The van der Waals surface area contributed by atoms with Gasteiger partial charge in [0.2, 0.25) is 0 Å². The van der Waals surface area contributed by atoms with E-state index in [9.17, 15) is 4.39 Å². The van der Waals surface area contributed by atoms with Crippen molar-refractivity contribution in [2.75, 3.05) is 13.1 Å². The van der Waals surface area contributed by atoms with Gasteiger partial charge >= 0.3 is 0 Å². The molecule has 0 spiro atoms. The molecule has 0 aliphatic carbocycles. The fraction of sp³-hybridized carbons (Fsp3) is 1.00. The van der Waals surface area contributed by atoms with E-state index < -0.39 is 5.67 Å². The SMILES string of the molecule is CC[C@H](C)N1CC(F)(C(C)C)C1. The first-order valence-corrected chi connectivity index (χ1v) is 4.92. The fourth-order valence-corrected chi connectivity index (χ4v) is 1.56. The molecule has 1 aliphatic heterocycles. The lowest BCUT2D eigenvalue weighted by atomic mass is 9.83. The van der Waals surface area contributed by atoms with Crippen LogP contribution in [0, 0.1) is 5.92 Å². The van der Waals surface area contributed by atoms with Gasteiger partial charge in [-0.25, -0.2) is 4.39 Å². The van der Waals surface area contributed by atoms with E-state index in [0.29, 0.717) is 19.1 Å². The van der Waals surface area contributed by atoms with Crippen LogP contribution in [0.5, 0.6) is 0 Å². The van der Waals surface area contributed by atoms with Crippen molar-refractivity contribution < 1.29 is 4.39 Å². The molecule has 12 heavy (non-hydrogen) atoms. The van der Waals surface area contributed by atoms with E-state index in [4.69, 9.17) is 0 Å². The molecule has 0 aromatic carbocycles. The zero-order chi connectivity index (χ0) is 9.35. The van der Waals surface area contributed by atoms with Gasteiger partial charge in [-0.2, -0.15) is 0 Å². The van der Waals surface area contributed by atoms with E-state index in [1.54, 1.807) is 0 Å². The first-order valence-electron chi connectivity index (χ1n) is 4.92. The highest BCUT2D eigenvalue weighted by atomic mass is 19.1. The fourth-order valence-electron chi connectivity index (χ4n) is 1.56. The first-order chi connectivity index (χ1) is 5.49. The predicted octanol–water partition coefficient (Wildman–Crippen LogP) is 2.46. The van der Waals surface area contributed by atoms with Gasteiger partial charge < -0.3 is 0 Å². The molecule has 0 radical (unpaired) electrons. The molecule has 0 unspecified atom stereocenters. The molecule has 0 bridgehead atoms. The molecule has 1 heterocycles. The van der Waals surface area contributed by atoms with Gasteiger partial charge in [-0.3, -0.25) is 4.90 Å². The van der Waals surface area contributed by atoms with Crippen molar-refractivity contribution in [3.63, 3.8) is 0 Å². The molecule has 1 rings (SSSR count). The van der Waals surface area contributed by atoms with Gasteiger partial charge in [0, 0.05) is 19.1 Å². The van der Waals surface area contributed by atoms with E-state index >= 15 is 0 Å². The summed E-state index contributed by atoms with van der Waals surface area (Å²) >= 11 is 0. The van der Waals surface area contributed by atoms with Crippen molar-refractivity contribution in [1.29, 1.82) is 0 Å². The highest BCUT2D eigenvalue weighted by Crippen LogP contribution is 2.34. The summed E-state index contributed by atoms with van der Waals surface area (Å²) < 4.78 is 13.7. The molecule has 1 atom stereocenters. The maximum Gasteiger partial charge on any atom is 0.138 e. The third kappa shape index (κ3) is 1.63. The summed E-state index contributed by atoms with van der Waals surface area (Å²) in [5.74, 6) is 0.165. The molecule has 1 aliphatic rings. The molecular formula is C10H20FN. The van der Waals surface area contributed by atoms with E-state index in [1.165, 1.54) is 0 Å². The van der Waals surface area contributed by atoms with Crippen molar-refractivity contribution >= 4 is 0 Å². The van der Waals surface area contributed by atoms with Crippen LogP contribution in [0.2, 0.25) is 0 Å². The summed E-state index contributed by atoms with van der Waals surface area (Å²) in [6, 6.07) is 0.549. The van der Waals surface area contributed by atoms with Crippen LogP contribution in [0.4, 0.5) is 4.39 Å². The van der Waals surface area contributed by atoms with E-state index in [2.05, 4.69) is 18.7 Å². The van der Waals surface area contributed by atoms with E-state index in [0.717, 1.165) is 6.42 Å². The number of likely N-dealkylation sites (tertiary alicyclic amines) is 1. The van der Waals surface area contributed by atoms with Crippen molar-refractivity contribution in [1.82, 2.24) is 4.90 Å². The van der Waals surface area contributed by atoms with Crippen LogP contribution in [0.3, 0.4) is 0 Å². The summed E-state index contributed by atoms with van der Waals surface area (Å²) in [4.78, 5) is 2.22. The molecule has 0 saturated carbocycles. The topological polar surface area (TPSA) is 3.24 Å². The normalized spacial score (nSPS) is 25.5. The molecule has 0 aromatic rings. The van der Waals surface area contributed by atoms with Gasteiger partial charge in [-0.05, 0) is 19.3 Å². The molecule has 0 aromatic heterocycles. The molecule has 72 valence electrons. The molecule has 0 N–H and O–H groups in total. The summed E-state index contributed by atoms with van der Waals surface area (Å²) in [6.07, 6.45) is 1.12. The zero-order valence-corrected chi connectivity index (χ0v) is 8.60. The lowest BCUT2D eigenvalue weighted by Gasteiger charge is -2.49. The van der Waals surface area contributed by atoms with E-state index in [-0.39, 0.29) is 5.92 Å². The molecule has 2 heteroatoms. The standard InChI is InChI=1S/C10H20FN/c1-5-9(4)12-6-10(11,7-12)8(2)3/h8-9H,5-7H2,1-4H3/t9-/m0/s1. The van der Waals surface area contributed by atoms with Gasteiger partial charge in [-0.1, -0.05) is 20.8 Å². The highest BCUT2D eigenvalue weighted by molar-refractivity contribution is 4.99. The van der Waals surface area contributed by atoms with Crippen molar-refractivity contribution in [2.24, 2.45) is 5.92 Å². The molecular weight excluding hydrogens is 153 g/mol. The maximum atomic E-state index is 13.7. The van der Waals surface area contributed by atoms with Gasteiger partial charge in [0.05, 0.1) is 0 Å². The molecule has 1 fully saturated rings. The molecule has 1 saturated heterocycles. The Kier molecular flexibility index (Phi) is 2.77. The van der Waals surface area contributed by atoms with Crippen LogP contribution >= 0.6 is 0 Å². The monoisotopic (exact) mass is 173 g/mol. The smallest absolute Gasteiger partial charge is 0.138 e. The third-order valence-electron chi connectivity index (χ3n) is 3.18. The third-order valence-corrected chi connectivity index (χ3v) is 3.18. The van der Waals surface area contributed by atoms with Crippen LogP contribution in [0.25, 0.3) is 0 Å². The second-order valence-corrected chi connectivity index (χ2v) is 4.35. The Morgan fingerprint density at radius 1 is 1.33 bits per heavy atom. The average Bonchev–Trinajstić information content (AvgIpc) is 1.96. The lowest BCUT2D eigenvalue weighted by Crippen LogP contribution is -2.63. The minimum atomic E-state index is -0.899. The largest absolute Gasteiger partial charge is 0.294 e. The summed E-state index contributed by atoms with van der Waals surface area (Å²) in [6.45, 7) is 9.53. The zero-order valence-electron chi connectivity index (χ0n) is 8.60. The van der Waals surface area contributed by atoms with Crippen molar-refractivity contribution in [2.45, 2.75) is 45.8 Å². The molecule has 1 nitrogen and oxygen atoms in total. The minimum absolute atomic E-state index is 0.165. The Morgan fingerprint density at radius 2 is 1.83 bits per heavy atom. The Hall–Kier alpha value is -0.110. The second-order valence-electron chi connectivity index (χ2n) is 4.35. The van der Waals surface area contributed by atoms with Crippen molar-refractivity contribution in [3.05, 3.63) is 0 Å². The summed E-state index contributed by atoms with van der Waals surface area (Å²) in [5, 5.41) is 0. The minimum Gasteiger partial charge on any atom is -0.294 e. The van der Waals surface area contributed by atoms with Gasteiger partial charge in [0.1, 0.15) is 5.67 Å². The second kappa shape index (κ2) is 3.33. The Bertz CT molecular complexity index is 150. The van der Waals surface area contributed by atoms with Gasteiger partial charge in [0.15, 0.2) is 0 Å².